The van der Waals surface area contributed by atoms with Crippen molar-refractivity contribution in [1.29, 1.82) is 0 Å². The Kier molecular flexibility index (Phi) is 7.49. The Labute approximate surface area is 158 Å². The summed E-state index contributed by atoms with van der Waals surface area (Å²) in [4.78, 5) is 23.4. The summed E-state index contributed by atoms with van der Waals surface area (Å²) in [5.41, 5.74) is 1.81. The lowest BCUT2D eigenvalue weighted by molar-refractivity contribution is -0.139. The van der Waals surface area contributed by atoms with Gasteiger partial charge in [0.1, 0.15) is 6.04 Å². The molecule has 2 aromatic rings. The van der Waals surface area contributed by atoms with Crippen LogP contribution in [0.1, 0.15) is 11.1 Å². The number of carboxylic acid groups (broad SMARTS) is 1. The Morgan fingerprint density at radius 2 is 1.70 bits per heavy atom. The second kappa shape index (κ2) is 10.1. The number of aliphatic carboxylic acids is 1. The zero-order valence-corrected chi connectivity index (χ0v) is 15.4. The van der Waals surface area contributed by atoms with Gasteiger partial charge in [0.2, 0.25) is 0 Å². The quantitative estimate of drug-likeness (QED) is 0.627. The summed E-state index contributed by atoms with van der Waals surface area (Å²) in [5, 5.41) is 14.5. The summed E-state index contributed by atoms with van der Waals surface area (Å²) in [7, 11) is 3.13. The van der Waals surface area contributed by atoms with Gasteiger partial charge in [0, 0.05) is 13.0 Å². The van der Waals surface area contributed by atoms with E-state index in [0.29, 0.717) is 24.5 Å². The highest BCUT2D eigenvalue weighted by Crippen LogP contribution is 2.27. The van der Waals surface area contributed by atoms with E-state index in [1.807, 2.05) is 42.5 Å². The van der Waals surface area contributed by atoms with Gasteiger partial charge in [-0.2, -0.15) is 0 Å². The highest BCUT2D eigenvalue weighted by Gasteiger charge is 2.20. The third-order valence-corrected chi connectivity index (χ3v) is 4.03. The molecule has 27 heavy (non-hydrogen) atoms. The number of amides is 2. The summed E-state index contributed by atoms with van der Waals surface area (Å²) in [5.74, 6) is 0.180. The van der Waals surface area contributed by atoms with Crippen molar-refractivity contribution in [3.8, 4) is 11.5 Å². The molecule has 0 unspecified atom stereocenters. The van der Waals surface area contributed by atoms with Crippen molar-refractivity contribution in [2.45, 2.75) is 18.9 Å². The Morgan fingerprint density at radius 3 is 2.33 bits per heavy atom. The molecule has 0 aliphatic carbocycles. The molecule has 0 saturated carbocycles. The number of ether oxygens (including phenoxy) is 2. The maximum atomic E-state index is 12.0. The molecular weight excluding hydrogens is 348 g/mol. The molecule has 2 amide bonds. The van der Waals surface area contributed by atoms with Crippen LogP contribution in [0.25, 0.3) is 0 Å². The molecular formula is C20H24N2O5. The zero-order valence-electron chi connectivity index (χ0n) is 15.4. The largest absolute Gasteiger partial charge is 0.493 e. The van der Waals surface area contributed by atoms with E-state index in [2.05, 4.69) is 10.6 Å². The fourth-order valence-corrected chi connectivity index (χ4v) is 2.62. The molecule has 0 aliphatic rings. The molecule has 0 radical (unpaired) electrons. The van der Waals surface area contributed by atoms with E-state index >= 15 is 0 Å². The molecule has 0 aliphatic heterocycles. The van der Waals surface area contributed by atoms with Crippen LogP contribution < -0.4 is 20.1 Å². The monoisotopic (exact) mass is 372 g/mol. The molecule has 0 bridgehead atoms. The maximum absolute atomic E-state index is 12.0. The number of hydrogen-bond donors (Lipinski definition) is 3. The minimum atomic E-state index is -1.08. The van der Waals surface area contributed by atoms with E-state index in [-0.39, 0.29) is 6.42 Å². The average Bonchev–Trinajstić information content (AvgIpc) is 2.68. The molecule has 0 fully saturated rings. The van der Waals surface area contributed by atoms with Gasteiger partial charge in [0.05, 0.1) is 14.2 Å². The molecule has 0 aromatic heterocycles. The van der Waals surface area contributed by atoms with Crippen LogP contribution in [0.15, 0.2) is 48.5 Å². The van der Waals surface area contributed by atoms with Crippen molar-refractivity contribution in [3.63, 3.8) is 0 Å². The number of hydrogen-bond acceptors (Lipinski definition) is 4. The highest BCUT2D eigenvalue weighted by molar-refractivity contribution is 5.82. The van der Waals surface area contributed by atoms with Crippen LogP contribution in [0.4, 0.5) is 4.79 Å². The number of nitrogens with one attached hydrogen (secondary N) is 2. The van der Waals surface area contributed by atoms with E-state index < -0.39 is 18.0 Å². The number of methoxy groups -OCH3 is 2. The Morgan fingerprint density at radius 1 is 1.00 bits per heavy atom. The van der Waals surface area contributed by atoms with Gasteiger partial charge in [-0.25, -0.2) is 9.59 Å². The van der Waals surface area contributed by atoms with Gasteiger partial charge >= 0.3 is 12.0 Å². The van der Waals surface area contributed by atoms with Gasteiger partial charge in [-0.15, -0.1) is 0 Å². The van der Waals surface area contributed by atoms with Crippen molar-refractivity contribution in [2.24, 2.45) is 0 Å². The Hall–Kier alpha value is -3.22. The van der Waals surface area contributed by atoms with Crippen molar-refractivity contribution >= 4 is 12.0 Å². The Balaban J connectivity index is 1.84. The number of benzene rings is 2. The maximum Gasteiger partial charge on any atom is 0.326 e. The van der Waals surface area contributed by atoms with Crippen LogP contribution in [0.5, 0.6) is 11.5 Å². The topological polar surface area (TPSA) is 96.9 Å². The van der Waals surface area contributed by atoms with E-state index in [1.54, 1.807) is 20.3 Å². The normalized spacial score (nSPS) is 11.3. The van der Waals surface area contributed by atoms with Crippen LogP contribution in [-0.2, 0) is 17.6 Å². The predicted molar refractivity (Wildman–Crippen MR) is 101 cm³/mol. The molecule has 0 saturated heterocycles. The van der Waals surface area contributed by atoms with E-state index in [1.165, 1.54) is 0 Å². The summed E-state index contributed by atoms with van der Waals surface area (Å²) >= 11 is 0. The van der Waals surface area contributed by atoms with Crippen LogP contribution in [0, 0.1) is 0 Å². The minimum absolute atomic E-state index is 0.222. The predicted octanol–water partition coefficient (Wildman–Crippen LogP) is 2.24. The summed E-state index contributed by atoms with van der Waals surface area (Å²) in [6, 6.07) is 13.2. The lowest BCUT2D eigenvalue weighted by Gasteiger charge is -2.15. The standard InChI is InChI=1S/C20H24N2O5/c1-26-17-9-8-15(13-18(17)27-2)10-11-21-20(25)22-16(19(23)24)12-14-6-4-3-5-7-14/h3-9,13,16H,10-12H2,1-2H3,(H,23,24)(H2,21,22,25)/t16-/m0/s1. The second-order valence-electron chi connectivity index (χ2n) is 5.92. The fourth-order valence-electron chi connectivity index (χ4n) is 2.62. The molecule has 2 rings (SSSR count). The van der Waals surface area contributed by atoms with E-state index in [0.717, 1.165) is 11.1 Å². The molecule has 3 N–H and O–H groups in total. The first-order chi connectivity index (χ1) is 13.0. The molecule has 7 nitrogen and oxygen atoms in total. The van der Waals surface area contributed by atoms with Crippen molar-refractivity contribution in [3.05, 3.63) is 59.7 Å². The molecule has 0 spiro atoms. The molecule has 1 atom stereocenters. The van der Waals surface area contributed by atoms with E-state index in [4.69, 9.17) is 9.47 Å². The van der Waals surface area contributed by atoms with Crippen LogP contribution in [-0.4, -0.2) is 43.9 Å². The van der Waals surface area contributed by atoms with Crippen molar-refractivity contribution < 1.29 is 24.2 Å². The smallest absolute Gasteiger partial charge is 0.326 e. The minimum Gasteiger partial charge on any atom is -0.493 e. The first kappa shape index (κ1) is 20.1. The van der Waals surface area contributed by atoms with Crippen LogP contribution in [0.2, 0.25) is 0 Å². The van der Waals surface area contributed by atoms with Gasteiger partial charge in [0.15, 0.2) is 11.5 Å². The van der Waals surface area contributed by atoms with Crippen LogP contribution >= 0.6 is 0 Å². The molecule has 144 valence electrons. The first-order valence-corrected chi connectivity index (χ1v) is 8.55. The number of carbonyl (C=O) groups is 2. The fraction of sp³-hybridized carbons (Fsp3) is 0.300. The molecule has 7 heteroatoms. The molecule has 0 heterocycles. The zero-order chi connectivity index (χ0) is 19.6. The lowest BCUT2D eigenvalue weighted by atomic mass is 10.1. The number of rotatable bonds is 9. The SMILES string of the molecule is COc1ccc(CCNC(=O)N[C@@H](Cc2ccccc2)C(=O)O)cc1OC. The first-order valence-electron chi connectivity index (χ1n) is 8.55. The molecule has 2 aromatic carbocycles. The lowest BCUT2D eigenvalue weighted by Crippen LogP contribution is -2.47. The highest BCUT2D eigenvalue weighted by atomic mass is 16.5. The third-order valence-electron chi connectivity index (χ3n) is 4.03. The number of carbonyl (C=O) groups excluding carboxylic acids is 1. The third kappa shape index (κ3) is 6.22. The second-order valence-corrected chi connectivity index (χ2v) is 5.92. The van der Waals surface area contributed by atoms with Crippen molar-refractivity contribution in [2.75, 3.05) is 20.8 Å². The van der Waals surface area contributed by atoms with Gasteiger partial charge in [0.25, 0.3) is 0 Å². The van der Waals surface area contributed by atoms with Crippen molar-refractivity contribution in [1.82, 2.24) is 10.6 Å². The Bertz CT molecular complexity index is 764. The number of carboxylic acids is 1. The average molecular weight is 372 g/mol. The summed E-state index contributed by atoms with van der Waals surface area (Å²) < 4.78 is 10.4. The van der Waals surface area contributed by atoms with E-state index in [9.17, 15) is 14.7 Å². The van der Waals surface area contributed by atoms with Gasteiger partial charge < -0.3 is 25.2 Å². The van der Waals surface area contributed by atoms with Gasteiger partial charge in [-0.3, -0.25) is 0 Å². The summed E-state index contributed by atoms with van der Waals surface area (Å²) in [6.07, 6.45) is 0.795. The summed E-state index contributed by atoms with van der Waals surface area (Å²) in [6.45, 7) is 0.360. The number of urea groups is 1. The van der Waals surface area contributed by atoms with Gasteiger partial charge in [-0.1, -0.05) is 36.4 Å². The van der Waals surface area contributed by atoms with Gasteiger partial charge in [-0.05, 0) is 29.7 Å². The van der Waals surface area contributed by atoms with Crippen LogP contribution in [0.3, 0.4) is 0 Å².